The van der Waals surface area contributed by atoms with Crippen LogP contribution >= 0.6 is 0 Å². The minimum Gasteiger partial charge on any atom is -0.384 e. The normalized spacial score (nSPS) is 13.0. The Kier molecular flexibility index (Phi) is 13.3. The smallest absolute Gasteiger partial charge is 0.271 e. The molecule has 2 aromatic rings. The molecule has 12 nitrogen and oxygen atoms in total. The SMILES string of the molecule is COC[C@@H](C(=O)N[C@@H](CCCCN(C)C(=O)C(C#N)=CC(C)(C)C)C(=O)NCc1ccc(C)cc1)c1c(C(N)=O)noc1C. The molecule has 2 rings (SSSR count). The van der Waals surface area contributed by atoms with Gasteiger partial charge in [0.15, 0.2) is 5.69 Å². The van der Waals surface area contributed by atoms with Crippen LogP contribution in [0.5, 0.6) is 0 Å². The van der Waals surface area contributed by atoms with E-state index >= 15 is 0 Å². The number of allylic oxidation sites excluding steroid dienone is 1. The van der Waals surface area contributed by atoms with Gasteiger partial charge in [0.05, 0.1) is 12.5 Å². The summed E-state index contributed by atoms with van der Waals surface area (Å²) in [5.74, 6) is -2.95. The van der Waals surface area contributed by atoms with Crippen LogP contribution in [0.2, 0.25) is 0 Å². The second kappa shape index (κ2) is 16.4. The standard InChI is InChI=1S/C32H44N6O6/c1-20-11-13-22(14-12-20)18-35-30(41)25(10-8-9-15-38(6)31(42)23(17-33)16-32(3,4)5)36-29(40)24(19-43-7)26-21(2)44-37-27(26)28(34)39/h11-14,16,24-25H,8-10,15,18-19H2,1-7H3,(H2,34,39)(H,35,41)(H,36,40)/t24-,25+/m1/s1. The molecule has 2 atom stereocenters. The van der Waals surface area contributed by atoms with Crippen LogP contribution < -0.4 is 16.4 Å². The van der Waals surface area contributed by atoms with Crippen molar-refractivity contribution in [3.8, 4) is 6.07 Å². The summed E-state index contributed by atoms with van der Waals surface area (Å²) in [5.41, 5.74) is 7.21. The van der Waals surface area contributed by atoms with Gasteiger partial charge in [0.25, 0.3) is 11.8 Å². The molecule has 0 aliphatic rings. The number of aryl methyl sites for hydroxylation is 2. The Morgan fingerprint density at radius 2 is 1.80 bits per heavy atom. The number of hydrogen-bond acceptors (Lipinski definition) is 8. The fraction of sp³-hybridized carbons (Fsp3) is 0.500. The van der Waals surface area contributed by atoms with Crippen LogP contribution in [0.25, 0.3) is 0 Å². The Balaban J connectivity index is 2.18. The van der Waals surface area contributed by atoms with Crippen LogP contribution in [-0.4, -0.2) is 67.0 Å². The van der Waals surface area contributed by atoms with Crippen LogP contribution in [0.3, 0.4) is 0 Å². The number of aromatic nitrogens is 1. The number of nitrogens with zero attached hydrogens (tertiary/aromatic N) is 3. The van der Waals surface area contributed by atoms with Crippen LogP contribution in [-0.2, 0) is 25.7 Å². The minimum absolute atomic E-state index is 0.0733. The molecule has 44 heavy (non-hydrogen) atoms. The van der Waals surface area contributed by atoms with E-state index in [2.05, 4.69) is 15.8 Å². The molecule has 0 radical (unpaired) electrons. The maximum Gasteiger partial charge on any atom is 0.271 e. The maximum absolute atomic E-state index is 13.6. The molecule has 0 spiro atoms. The third kappa shape index (κ3) is 10.6. The van der Waals surface area contributed by atoms with E-state index in [-0.39, 0.29) is 53.5 Å². The molecule has 1 aromatic carbocycles. The van der Waals surface area contributed by atoms with E-state index in [0.29, 0.717) is 19.4 Å². The zero-order chi connectivity index (χ0) is 33.0. The van der Waals surface area contributed by atoms with Crippen LogP contribution in [0.1, 0.15) is 78.9 Å². The summed E-state index contributed by atoms with van der Waals surface area (Å²) in [4.78, 5) is 53.1. The number of methoxy groups -OCH3 is 1. The van der Waals surface area contributed by atoms with Gasteiger partial charge in [-0.1, -0.05) is 61.8 Å². The molecule has 12 heteroatoms. The van der Waals surface area contributed by atoms with Gasteiger partial charge in [-0.2, -0.15) is 5.26 Å². The van der Waals surface area contributed by atoms with Gasteiger partial charge in [-0.05, 0) is 44.1 Å². The van der Waals surface area contributed by atoms with Crippen LogP contribution in [0.15, 0.2) is 40.4 Å². The summed E-state index contributed by atoms with van der Waals surface area (Å²) in [6.07, 6.45) is 2.92. The van der Waals surface area contributed by atoms with Crippen molar-refractivity contribution in [2.45, 2.75) is 72.4 Å². The first-order valence-corrected chi connectivity index (χ1v) is 14.5. The van der Waals surface area contributed by atoms with E-state index in [1.54, 1.807) is 20.0 Å². The van der Waals surface area contributed by atoms with Gasteiger partial charge in [0.2, 0.25) is 11.8 Å². The predicted molar refractivity (Wildman–Crippen MR) is 164 cm³/mol. The summed E-state index contributed by atoms with van der Waals surface area (Å²) in [6, 6.07) is 8.76. The number of nitriles is 1. The number of nitrogens with two attached hydrogens (primary N) is 1. The summed E-state index contributed by atoms with van der Waals surface area (Å²) in [7, 11) is 3.03. The number of ether oxygens (including phenoxy) is 1. The molecule has 0 fully saturated rings. The Morgan fingerprint density at radius 1 is 1.14 bits per heavy atom. The molecule has 1 heterocycles. The summed E-state index contributed by atoms with van der Waals surface area (Å²) < 4.78 is 10.4. The first-order chi connectivity index (χ1) is 20.7. The number of unbranched alkanes of at least 4 members (excludes halogenated alkanes) is 1. The lowest BCUT2D eigenvalue weighted by Crippen LogP contribution is -2.48. The number of amides is 4. The monoisotopic (exact) mass is 608 g/mol. The first-order valence-electron chi connectivity index (χ1n) is 14.5. The third-order valence-corrected chi connectivity index (χ3v) is 6.87. The zero-order valence-electron chi connectivity index (χ0n) is 26.7. The molecule has 1 aromatic heterocycles. The Labute approximate surface area is 259 Å². The highest BCUT2D eigenvalue weighted by molar-refractivity contribution is 5.97. The first kappa shape index (κ1) is 35.7. The lowest BCUT2D eigenvalue weighted by Gasteiger charge is -2.23. The second-order valence-corrected chi connectivity index (χ2v) is 11.9. The Bertz CT molecular complexity index is 1380. The van der Waals surface area contributed by atoms with Crippen molar-refractivity contribution >= 4 is 23.6 Å². The van der Waals surface area contributed by atoms with Gasteiger partial charge in [-0.15, -0.1) is 0 Å². The van der Waals surface area contributed by atoms with Crippen molar-refractivity contribution in [2.75, 3.05) is 27.3 Å². The number of carbonyl (C=O) groups is 4. The summed E-state index contributed by atoms with van der Waals surface area (Å²) >= 11 is 0. The van der Waals surface area contributed by atoms with E-state index in [1.165, 1.54) is 12.0 Å². The number of rotatable bonds is 15. The Hall–Kier alpha value is -4.50. The van der Waals surface area contributed by atoms with Gasteiger partial charge < -0.3 is 30.5 Å². The molecule has 0 aliphatic heterocycles. The van der Waals surface area contributed by atoms with Crippen LogP contribution in [0.4, 0.5) is 0 Å². The largest absolute Gasteiger partial charge is 0.384 e. The number of hydrogen-bond donors (Lipinski definition) is 3. The average molecular weight is 609 g/mol. The van der Waals surface area contributed by atoms with E-state index in [4.69, 9.17) is 15.0 Å². The van der Waals surface area contributed by atoms with Gasteiger partial charge in [-0.3, -0.25) is 19.2 Å². The zero-order valence-corrected chi connectivity index (χ0v) is 26.7. The van der Waals surface area contributed by atoms with Crippen molar-refractivity contribution in [1.29, 1.82) is 5.26 Å². The molecule has 4 amide bonds. The van der Waals surface area contributed by atoms with Crippen molar-refractivity contribution in [1.82, 2.24) is 20.7 Å². The van der Waals surface area contributed by atoms with Crippen molar-refractivity contribution in [3.63, 3.8) is 0 Å². The van der Waals surface area contributed by atoms with Crippen molar-refractivity contribution in [2.24, 2.45) is 11.1 Å². The Morgan fingerprint density at radius 3 is 2.36 bits per heavy atom. The van der Waals surface area contributed by atoms with E-state index in [1.807, 2.05) is 58.0 Å². The van der Waals surface area contributed by atoms with Gasteiger partial charge >= 0.3 is 0 Å². The molecule has 0 bridgehead atoms. The minimum atomic E-state index is -1.01. The number of carbonyl (C=O) groups excluding carboxylic acids is 4. The number of benzene rings is 1. The van der Waals surface area contributed by atoms with E-state index in [0.717, 1.165) is 11.1 Å². The average Bonchev–Trinajstić information content (AvgIpc) is 3.35. The highest BCUT2D eigenvalue weighted by Gasteiger charge is 2.33. The maximum atomic E-state index is 13.6. The lowest BCUT2D eigenvalue weighted by molar-refractivity contribution is -0.130. The van der Waals surface area contributed by atoms with E-state index < -0.39 is 29.7 Å². The topological polar surface area (TPSA) is 181 Å². The number of nitrogens with one attached hydrogen (secondary N) is 2. The lowest BCUT2D eigenvalue weighted by atomic mass is 9.93. The molecule has 0 unspecified atom stereocenters. The van der Waals surface area contributed by atoms with Crippen molar-refractivity contribution < 1.29 is 28.4 Å². The van der Waals surface area contributed by atoms with Gasteiger partial charge in [0, 0.05) is 32.8 Å². The number of likely N-dealkylation sites (N-methyl/N-ethyl adjacent to an activating group) is 1. The summed E-state index contributed by atoms with van der Waals surface area (Å²) in [5, 5.41) is 18.9. The molecule has 4 N–H and O–H groups in total. The highest BCUT2D eigenvalue weighted by atomic mass is 16.5. The molecule has 0 saturated heterocycles. The van der Waals surface area contributed by atoms with Gasteiger partial charge in [-0.25, -0.2) is 0 Å². The number of primary amides is 1. The van der Waals surface area contributed by atoms with Gasteiger partial charge in [0.1, 0.15) is 23.4 Å². The highest BCUT2D eigenvalue weighted by Crippen LogP contribution is 2.25. The molecular weight excluding hydrogens is 564 g/mol. The van der Waals surface area contributed by atoms with Crippen molar-refractivity contribution in [3.05, 3.63) is 64.1 Å². The quantitative estimate of drug-likeness (QED) is 0.157. The molecule has 0 saturated carbocycles. The molecule has 0 aliphatic carbocycles. The molecule has 238 valence electrons. The van der Waals surface area contributed by atoms with Crippen LogP contribution in [0, 0.1) is 30.6 Å². The molecular formula is C32H44N6O6. The fourth-order valence-corrected chi connectivity index (χ4v) is 4.56. The third-order valence-electron chi connectivity index (χ3n) is 6.87. The predicted octanol–water partition coefficient (Wildman–Crippen LogP) is 3.05. The fourth-order valence-electron chi connectivity index (χ4n) is 4.56. The summed E-state index contributed by atoms with van der Waals surface area (Å²) in [6.45, 7) is 9.76. The van der Waals surface area contributed by atoms with E-state index in [9.17, 15) is 24.4 Å². The second-order valence-electron chi connectivity index (χ2n) is 11.9.